The molecule has 3 aromatic rings. The Labute approximate surface area is 119 Å². The van der Waals surface area contributed by atoms with E-state index in [4.69, 9.17) is 0 Å². The van der Waals surface area contributed by atoms with Gasteiger partial charge < -0.3 is 9.67 Å². The molecule has 2 nitrogen and oxygen atoms in total. The molecule has 1 unspecified atom stereocenters. The van der Waals surface area contributed by atoms with Crippen molar-refractivity contribution in [1.29, 1.82) is 0 Å². The molecule has 2 heteroatoms. The average Bonchev–Trinajstić information content (AvgIpc) is 2.86. The molecule has 0 amide bonds. The highest BCUT2D eigenvalue weighted by molar-refractivity contribution is 5.86. The van der Waals surface area contributed by atoms with Gasteiger partial charge in [-0.15, -0.1) is 0 Å². The normalized spacial score (nSPS) is 12.8. The molecule has 0 aliphatic carbocycles. The van der Waals surface area contributed by atoms with Gasteiger partial charge in [0.05, 0.1) is 11.6 Å². The molecule has 0 aliphatic heterocycles. The van der Waals surface area contributed by atoms with Gasteiger partial charge in [-0.05, 0) is 31.0 Å². The molecular formula is C18H19NO. The van der Waals surface area contributed by atoms with Crippen molar-refractivity contribution in [1.82, 2.24) is 4.57 Å². The van der Waals surface area contributed by atoms with Gasteiger partial charge in [0.25, 0.3) is 0 Å². The summed E-state index contributed by atoms with van der Waals surface area (Å²) in [5.41, 5.74) is 4.54. The highest BCUT2D eigenvalue weighted by Gasteiger charge is 2.15. The van der Waals surface area contributed by atoms with Gasteiger partial charge in [-0.3, -0.25) is 0 Å². The maximum Gasteiger partial charge on any atom is 0.0808 e. The Bertz CT molecular complexity index is 742. The number of para-hydroxylation sites is 2. The van der Waals surface area contributed by atoms with E-state index in [9.17, 15) is 5.11 Å². The molecule has 3 rings (SSSR count). The Kier molecular flexibility index (Phi) is 3.33. The van der Waals surface area contributed by atoms with Crippen LogP contribution in [0.1, 0.15) is 30.6 Å². The van der Waals surface area contributed by atoms with Crippen molar-refractivity contribution in [2.45, 2.75) is 26.4 Å². The van der Waals surface area contributed by atoms with Gasteiger partial charge in [0.15, 0.2) is 0 Å². The van der Waals surface area contributed by atoms with Crippen LogP contribution in [0.25, 0.3) is 16.6 Å². The Morgan fingerprint density at radius 1 is 1.05 bits per heavy atom. The molecule has 20 heavy (non-hydrogen) atoms. The summed E-state index contributed by atoms with van der Waals surface area (Å²) in [6.07, 6.45) is 2.38. The molecule has 1 N–H and O–H groups in total. The van der Waals surface area contributed by atoms with Gasteiger partial charge in [-0.25, -0.2) is 0 Å². The zero-order chi connectivity index (χ0) is 14.1. The van der Waals surface area contributed by atoms with Gasteiger partial charge in [-0.1, -0.05) is 43.3 Å². The largest absolute Gasteiger partial charge is 0.388 e. The van der Waals surface area contributed by atoms with Gasteiger partial charge in [-0.2, -0.15) is 0 Å². The molecule has 0 aliphatic rings. The van der Waals surface area contributed by atoms with Gasteiger partial charge >= 0.3 is 0 Å². The maximum atomic E-state index is 10.2. The Hall–Kier alpha value is -2.06. The van der Waals surface area contributed by atoms with E-state index in [0.29, 0.717) is 0 Å². The van der Waals surface area contributed by atoms with Gasteiger partial charge in [0.1, 0.15) is 0 Å². The summed E-state index contributed by atoms with van der Waals surface area (Å²) < 4.78 is 2.18. The lowest BCUT2D eigenvalue weighted by molar-refractivity contribution is 0.175. The standard InChI is InChI=1S/C18H19NO/c1-3-18(20)15-12-19(16-10-6-4-8-13(16)2)17-11-7-5-9-14(15)17/h4-12,18,20H,3H2,1-2H3. The first-order valence-electron chi connectivity index (χ1n) is 7.06. The minimum Gasteiger partial charge on any atom is -0.388 e. The number of aromatic nitrogens is 1. The molecular weight excluding hydrogens is 246 g/mol. The molecule has 0 saturated heterocycles. The quantitative estimate of drug-likeness (QED) is 0.747. The molecule has 1 heterocycles. The third-order valence-electron chi connectivity index (χ3n) is 3.86. The fraction of sp³-hybridized carbons (Fsp3) is 0.222. The summed E-state index contributed by atoms with van der Waals surface area (Å²) in [4.78, 5) is 0. The Morgan fingerprint density at radius 2 is 1.75 bits per heavy atom. The average molecular weight is 265 g/mol. The summed E-state index contributed by atoms with van der Waals surface area (Å²) in [6.45, 7) is 4.12. The van der Waals surface area contributed by atoms with Crippen LogP contribution in [0.4, 0.5) is 0 Å². The van der Waals surface area contributed by atoms with E-state index >= 15 is 0 Å². The number of hydrogen-bond donors (Lipinski definition) is 1. The minimum absolute atomic E-state index is 0.412. The number of fused-ring (bicyclic) bond motifs is 1. The number of aryl methyl sites for hydroxylation is 1. The number of benzene rings is 2. The van der Waals surface area contributed by atoms with Crippen molar-refractivity contribution in [3.8, 4) is 5.69 Å². The van der Waals surface area contributed by atoms with Crippen molar-refractivity contribution in [2.24, 2.45) is 0 Å². The van der Waals surface area contributed by atoms with E-state index in [0.717, 1.165) is 22.9 Å². The number of nitrogens with zero attached hydrogens (tertiary/aromatic N) is 1. The van der Waals surface area contributed by atoms with Crippen molar-refractivity contribution in [3.05, 3.63) is 65.9 Å². The highest BCUT2D eigenvalue weighted by atomic mass is 16.3. The topological polar surface area (TPSA) is 25.2 Å². The summed E-state index contributed by atoms with van der Waals surface area (Å²) >= 11 is 0. The number of aliphatic hydroxyl groups excluding tert-OH is 1. The molecule has 0 fully saturated rings. The van der Waals surface area contributed by atoms with E-state index in [1.54, 1.807) is 0 Å². The second-order valence-electron chi connectivity index (χ2n) is 5.18. The Balaban J connectivity index is 2.29. The van der Waals surface area contributed by atoms with Gasteiger partial charge in [0.2, 0.25) is 0 Å². The zero-order valence-corrected chi connectivity index (χ0v) is 11.9. The van der Waals surface area contributed by atoms with E-state index in [1.165, 1.54) is 11.3 Å². The van der Waals surface area contributed by atoms with Crippen LogP contribution in [0.15, 0.2) is 54.7 Å². The van der Waals surface area contributed by atoms with Crippen LogP contribution in [-0.2, 0) is 0 Å². The molecule has 1 aromatic heterocycles. The van der Waals surface area contributed by atoms with Crippen molar-refractivity contribution >= 4 is 10.9 Å². The monoisotopic (exact) mass is 265 g/mol. The smallest absolute Gasteiger partial charge is 0.0808 e. The number of rotatable bonds is 3. The van der Waals surface area contributed by atoms with E-state index in [1.807, 2.05) is 31.2 Å². The van der Waals surface area contributed by atoms with Gasteiger partial charge in [0, 0.05) is 22.8 Å². The SMILES string of the molecule is CCC(O)c1cn(-c2ccccc2C)c2ccccc12. The lowest BCUT2D eigenvalue weighted by Crippen LogP contribution is -1.96. The van der Waals surface area contributed by atoms with Crippen LogP contribution in [0.2, 0.25) is 0 Å². The van der Waals surface area contributed by atoms with Crippen LogP contribution in [-0.4, -0.2) is 9.67 Å². The fourth-order valence-corrected chi connectivity index (χ4v) is 2.72. The lowest BCUT2D eigenvalue weighted by Gasteiger charge is -2.08. The highest BCUT2D eigenvalue weighted by Crippen LogP contribution is 2.31. The third kappa shape index (κ3) is 2.02. The van der Waals surface area contributed by atoms with E-state index in [-0.39, 0.29) is 0 Å². The van der Waals surface area contributed by atoms with Crippen molar-refractivity contribution in [3.63, 3.8) is 0 Å². The number of aliphatic hydroxyl groups is 1. The maximum absolute atomic E-state index is 10.2. The Morgan fingerprint density at radius 3 is 2.50 bits per heavy atom. The first kappa shape index (κ1) is 12.9. The van der Waals surface area contributed by atoms with Crippen LogP contribution in [0.3, 0.4) is 0 Å². The van der Waals surface area contributed by atoms with Crippen LogP contribution >= 0.6 is 0 Å². The van der Waals surface area contributed by atoms with Crippen LogP contribution in [0, 0.1) is 6.92 Å². The summed E-state index contributed by atoms with van der Waals surface area (Å²) in [6, 6.07) is 16.6. The molecule has 1 atom stereocenters. The molecule has 0 saturated carbocycles. The second kappa shape index (κ2) is 5.14. The van der Waals surface area contributed by atoms with Crippen LogP contribution in [0.5, 0.6) is 0 Å². The first-order chi connectivity index (χ1) is 9.72. The zero-order valence-electron chi connectivity index (χ0n) is 11.9. The fourth-order valence-electron chi connectivity index (χ4n) is 2.72. The lowest BCUT2D eigenvalue weighted by atomic mass is 10.1. The molecule has 0 bridgehead atoms. The molecule has 0 radical (unpaired) electrons. The molecule has 0 spiro atoms. The van der Waals surface area contributed by atoms with E-state index in [2.05, 4.69) is 42.0 Å². The van der Waals surface area contributed by atoms with Crippen LogP contribution < -0.4 is 0 Å². The predicted molar refractivity (Wildman–Crippen MR) is 83.3 cm³/mol. The summed E-state index contributed by atoms with van der Waals surface area (Å²) in [5, 5.41) is 11.4. The summed E-state index contributed by atoms with van der Waals surface area (Å²) in [7, 11) is 0. The molecule has 102 valence electrons. The first-order valence-corrected chi connectivity index (χ1v) is 7.06. The van der Waals surface area contributed by atoms with E-state index < -0.39 is 6.10 Å². The van der Waals surface area contributed by atoms with Crippen molar-refractivity contribution in [2.75, 3.05) is 0 Å². The number of hydrogen-bond acceptors (Lipinski definition) is 1. The third-order valence-corrected chi connectivity index (χ3v) is 3.86. The van der Waals surface area contributed by atoms with Crippen molar-refractivity contribution < 1.29 is 5.11 Å². The summed E-state index contributed by atoms with van der Waals surface area (Å²) in [5.74, 6) is 0. The second-order valence-corrected chi connectivity index (χ2v) is 5.18. The molecule has 2 aromatic carbocycles. The minimum atomic E-state index is -0.412. The predicted octanol–water partition coefficient (Wildman–Crippen LogP) is 4.38.